The van der Waals surface area contributed by atoms with Crippen LogP contribution >= 0.6 is 11.6 Å². The van der Waals surface area contributed by atoms with Gasteiger partial charge in [-0.15, -0.1) is 0 Å². The average Bonchev–Trinajstić information content (AvgIpc) is 3.41. The van der Waals surface area contributed by atoms with E-state index in [-0.39, 0.29) is 28.0 Å². The van der Waals surface area contributed by atoms with Gasteiger partial charge < -0.3 is 10.2 Å². The van der Waals surface area contributed by atoms with Crippen molar-refractivity contribution >= 4 is 49.8 Å². The molecule has 12 nitrogen and oxygen atoms in total. The molecule has 224 valence electrons. The van der Waals surface area contributed by atoms with Gasteiger partial charge in [0.25, 0.3) is 11.5 Å². The maximum atomic E-state index is 13.7. The highest BCUT2D eigenvalue weighted by Gasteiger charge is 2.58. The molecule has 4 aromatic rings. The van der Waals surface area contributed by atoms with Crippen LogP contribution in [0.3, 0.4) is 0 Å². The minimum atomic E-state index is -3.83. The summed E-state index contributed by atoms with van der Waals surface area (Å²) >= 11 is 6.04. The van der Waals surface area contributed by atoms with Crippen LogP contribution in [-0.2, 0) is 17.1 Å². The molecule has 4 heterocycles. The molecule has 1 aromatic carbocycles. The zero-order valence-electron chi connectivity index (χ0n) is 24.3. The number of piperidine rings is 1. The number of anilines is 2. The summed E-state index contributed by atoms with van der Waals surface area (Å²) in [5.41, 5.74) is 3.23. The van der Waals surface area contributed by atoms with E-state index in [0.29, 0.717) is 22.7 Å². The molecule has 6 rings (SSSR count). The maximum Gasteiger partial charge on any atom is 0.285 e. The summed E-state index contributed by atoms with van der Waals surface area (Å²) in [5, 5.41) is 3.80. The molecule has 2 N–H and O–H groups in total. The number of nitrogens with zero attached hydrogens (tertiary/aromatic N) is 6. The lowest BCUT2D eigenvalue weighted by atomic mass is 10.0. The van der Waals surface area contributed by atoms with E-state index in [0.717, 1.165) is 47.8 Å². The van der Waals surface area contributed by atoms with Gasteiger partial charge in [-0.05, 0) is 56.4 Å². The number of benzene rings is 1. The van der Waals surface area contributed by atoms with Crippen molar-refractivity contribution < 1.29 is 13.2 Å². The molecule has 1 amide bonds. The lowest BCUT2D eigenvalue weighted by Crippen LogP contribution is -2.31. The summed E-state index contributed by atoms with van der Waals surface area (Å²) in [6.07, 6.45) is 4.58. The molecule has 1 aliphatic heterocycles. The summed E-state index contributed by atoms with van der Waals surface area (Å²) in [7, 11) is -2.05. The number of sulfonamides is 1. The predicted molar refractivity (Wildman–Crippen MR) is 164 cm³/mol. The van der Waals surface area contributed by atoms with Crippen molar-refractivity contribution in [2.45, 2.75) is 32.7 Å². The van der Waals surface area contributed by atoms with Gasteiger partial charge in [-0.2, -0.15) is 0 Å². The van der Waals surface area contributed by atoms with Gasteiger partial charge in [-0.1, -0.05) is 17.7 Å². The minimum absolute atomic E-state index is 0.0381. The zero-order chi connectivity index (χ0) is 30.8. The number of amides is 1. The molecule has 1 unspecified atom stereocenters. The number of carbonyl (C=O) groups excluding carboxylic acids is 1. The van der Waals surface area contributed by atoms with Gasteiger partial charge in [-0.25, -0.2) is 33.1 Å². The molecule has 1 saturated carbocycles. The molecule has 0 radical (unpaired) electrons. The van der Waals surface area contributed by atoms with Gasteiger partial charge >= 0.3 is 0 Å². The number of carbonyl (C=O) groups is 1. The van der Waals surface area contributed by atoms with Gasteiger partial charge in [0.15, 0.2) is 5.69 Å². The van der Waals surface area contributed by atoms with Crippen molar-refractivity contribution in [3.8, 4) is 0 Å². The van der Waals surface area contributed by atoms with E-state index in [1.165, 1.54) is 6.07 Å². The molecule has 4 atom stereocenters. The first-order valence-corrected chi connectivity index (χ1v) is 16.1. The van der Waals surface area contributed by atoms with Crippen LogP contribution in [0, 0.1) is 25.7 Å². The maximum absolute atomic E-state index is 13.7. The summed E-state index contributed by atoms with van der Waals surface area (Å²) in [4.78, 5) is 46.5. The monoisotopic (exact) mass is 622 g/mol. The van der Waals surface area contributed by atoms with E-state index in [2.05, 4.69) is 25.2 Å². The quantitative estimate of drug-likeness (QED) is 0.294. The summed E-state index contributed by atoms with van der Waals surface area (Å²) in [6, 6.07) is 6.44. The molecule has 2 aliphatic rings. The number of halogens is 1. The number of hydrogen-bond acceptors (Lipinski definition) is 10. The first-order valence-electron chi connectivity index (χ1n) is 13.8. The van der Waals surface area contributed by atoms with Crippen molar-refractivity contribution in [2.24, 2.45) is 18.9 Å². The lowest BCUT2D eigenvalue weighted by molar-refractivity contribution is 0.0977. The Bertz CT molecular complexity index is 1940. The third-order valence-electron chi connectivity index (χ3n) is 8.21. The lowest BCUT2D eigenvalue weighted by Gasteiger charge is -2.23. The second-order valence-corrected chi connectivity index (χ2v) is 13.6. The summed E-state index contributed by atoms with van der Waals surface area (Å²) in [5.74, 6) is 1.49. The van der Waals surface area contributed by atoms with E-state index in [4.69, 9.17) is 16.6 Å². The van der Waals surface area contributed by atoms with Gasteiger partial charge in [0.2, 0.25) is 10.0 Å². The highest BCUT2D eigenvalue weighted by Crippen LogP contribution is 2.58. The predicted octanol–water partition coefficient (Wildman–Crippen LogP) is 3.10. The Kier molecular flexibility index (Phi) is 7.12. The number of hydrogen-bond donors (Lipinski definition) is 2. The molecule has 0 spiro atoms. The standard InChI is InChI=1S/C29H31ClN8O4S/c1-14-8-18(15(2)33-22-6-7-23(30)34-26(22)28(39)36-43(5,41)42)25-19(9-14)29(40)37(4)27(35-25)24-20-12-38(13-21(20)24)17-10-31-16(3)32-11-17/h6-11,15,20-21,24,33H,12-13H2,1-5H3,(H,36,39)/t15-,20-,21+,24?/m1/s1. The second kappa shape index (κ2) is 10.6. The summed E-state index contributed by atoms with van der Waals surface area (Å²) in [6.45, 7) is 7.34. The van der Waals surface area contributed by atoms with Crippen LogP contribution in [0.5, 0.6) is 0 Å². The zero-order valence-corrected chi connectivity index (χ0v) is 25.9. The number of aromatic nitrogens is 5. The van der Waals surface area contributed by atoms with Crippen molar-refractivity contribution in [1.82, 2.24) is 29.2 Å². The summed E-state index contributed by atoms with van der Waals surface area (Å²) < 4.78 is 27.0. The van der Waals surface area contributed by atoms with Crippen LogP contribution in [0.25, 0.3) is 10.9 Å². The fourth-order valence-corrected chi connectivity index (χ4v) is 6.70. The minimum Gasteiger partial charge on any atom is -0.377 e. The normalized spacial score (nSPS) is 20.1. The van der Waals surface area contributed by atoms with E-state index >= 15 is 0 Å². The average molecular weight is 623 g/mol. The Morgan fingerprint density at radius 2 is 1.77 bits per heavy atom. The fraction of sp³-hybridized carbons (Fsp3) is 0.379. The van der Waals surface area contributed by atoms with E-state index in [1.807, 2.05) is 50.0 Å². The Hall–Kier alpha value is -4.10. The van der Waals surface area contributed by atoms with Crippen LogP contribution in [0.1, 0.15) is 52.1 Å². The molecule has 1 aliphatic carbocycles. The Morgan fingerprint density at radius 3 is 2.42 bits per heavy atom. The van der Waals surface area contributed by atoms with Crippen LogP contribution in [0.15, 0.2) is 41.5 Å². The Labute approximate surface area is 253 Å². The van der Waals surface area contributed by atoms with Crippen molar-refractivity contribution in [3.05, 3.63) is 80.6 Å². The van der Waals surface area contributed by atoms with Gasteiger partial charge in [0.05, 0.1) is 47.0 Å². The topological polar surface area (TPSA) is 152 Å². The number of fused-ring (bicyclic) bond motifs is 2. The van der Waals surface area contributed by atoms with E-state index < -0.39 is 22.0 Å². The fourth-order valence-electron chi connectivity index (χ4n) is 6.12. The number of aryl methyl sites for hydroxylation is 2. The van der Waals surface area contributed by atoms with Crippen molar-refractivity contribution in [1.29, 1.82) is 0 Å². The Balaban J connectivity index is 1.32. The van der Waals surface area contributed by atoms with Crippen LogP contribution < -0.4 is 20.5 Å². The highest BCUT2D eigenvalue weighted by atomic mass is 35.5. The molecular formula is C29H31ClN8O4S. The highest BCUT2D eigenvalue weighted by molar-refractivity contribution is 7.89. The van der Waals surface area contributed by atoms with E-state index in [1.54, 1.807) is 17.7 Å². The van der Waals surface area contributed by atoms with Crippen molar-refractivity contribution in [2.75, 3.05) is 29.6 Å². The number of pyridine rings is 1. The van der Waals surface area contributed by atoms with Crippen LogP contribution in [-0.4, -0.2) is 58.2 Å². The SMILES string of the molecule is Cc1cc([C@@H](C)Nc2ccc(Cl)nc2C(=O)NS(C)(=O)=O)c2nc(C3[C@H]4CN(c5cnc(C)nc5)C[C@@H]34)n(C)c(=O)c2c1. The van der Waals surface area contributed by atoms with Crippen molar-refractivity contribution in [3.63, 3.8) is 0 Å². The molecule has 14 heteroatoms. The van der Waals surface area contributed by atoms with Gasteiger partial charge in [-0.3, -0.25) is 14.2 Å². The molecule has 1 saturated heterocycles. The number of nitrogens with one attached hydrogen (secondary N) is 2. The van der Waals surface area contributed by atoms with Gasteiger partial charge in [0, 0.05) is 31.6 Å². The Morgan fingerprint density at radius 1 is 1.09 bits per heavy atom. The number of rotatable bonds is 7. The third kappa shape index (κ3) is 5.54. The largest absolute Gasteiger partial charge is 0.377 e. The first-order chi connectivity index (χ1) is 20.3. The molecule has 0 bridgehead atoms. The molecular weight excluding hydrogens is 592 g/mol. The first kappa shape index (κ1) is 29.0. The van der Waals surface area contributed by atoms with Crippen LogP contribution in [0.4, 0.5) is 11.4 Å². The molecule has 2 fully saturated rings. The molecule has 43 heavy (non-hydrogen) atoms. The van der Waals surface area contributed by atoms with E-state index in [9.17, 15) is 18.0 Å². The molecule has 3 aromatic heterocycles. The smallest absolute Gasteiger partial charge is 0.285 e. The van der Waals surface area contributed by atoms with Crippen LogP contribution in [0.2, 0.25) is 5.15 Å². The van der Waals surface area contributed by atoms with Gasteiger partial charge in [0.1, 0.15) is 16.8 Å². The third-order valence-corrected chi connectivity index (χ3v) is 8.97. The second-order valence-electron chi connectivity index (χ2n) is 11.4.